The first-order chi connectivity index (χ1) is 19.6. The van der Waals surface area contributed by atoms with E-state index in [4.69, 9.17) is 4.74 Å². The van der Waals surface area contributed by atoms with E-state index in [1.165, 1.54) is 9.80 Å². The van der Waals surface area contributed by atoms with Gasteiger partial charge in [0.05, 0.1) is 41.7 Å². The number of hydrogen-bond acceptors (Lipinski definition) is 6. The number of aryl methyl sites for hydroxylation is 2. The number of imide groups is 2. The molecule has 7 rings (SSSR count). The maximum Gasteiger partial charge on any atom is 0.334 e. The molecule has 2 heterocycles. The van der Waals surface area contributed by atoms with Crippen molar-refractivity contribution in [2.45, 2.75) is 47.5 Å². The Balaban J connectivity index is 1.56. The van der Waals surface area contributed by atoms with Crippen LogP contribution in [-0.2, 0) is 41.6 Å². The number of amides is 4. The third-order valence-electron chi connectivity index (χ3n) is 9.91. The summed E-state index contributed by atoms with van der Waals surface area (Å²) >= 11 is 0. The van der Waals surface area contributed by atoms with Crippen molar-refractivity contribution < 1.29 is 28.7 Å². The minimum atomic E-state index is -1.41. The summed E-state index contributed by atoms with van der Waals surface area (Å²) in [6.45, 7) is 9.19. The molecule has 3 fully saturated rings. The summed E-state index contributed by atoms with van der Waals surface area (Å²) < 4.78 is 5.47. The van der Waals surface area contributed by atoms with Crippen LogP contribution in [0.5, 0.6) is 0 Å². The fourth-order valence-corrected chi connectivity index (χ4v) is 8.34. The lowest BCUT2D eigenvalue weighted by Gasteiger charge is -2.55. The van der Waals surface area contributed by atoms with Crippen LogP contribution < -0.4 is 9.80 Å². The first-order valence-electron chi connectivity index (χ1n) is 14.4. The Morgan fingerprint density at radius 2 is 1.17 bits per heavy atom. The summed E-state index contributed by atoms with van der Waals surface area (Å²) in [7, 11) is 0. The summed E-state index contributed by atoms with van der Waals surface area (Å²) in [5.74, 6) is -6.71. The van der Waals surface area contributed by atoms with Crippen molar-refractivity contribution >= 4 is 41.0 Å². The second-order valence-corrected chi connectivity index (χ2v) is 11.6. The average molecular weight is 555 g/mol. The van der Waals surface area contributed by atoms with Crippen LogP contribution in [0.2, 0.25) is 0 Å². The van der Waals surface area contributed by atoms with E-state index >= 15 is 0 Å². The lowest BCUT2D eigenvalue weighted by molar-refractivity contribution is -0.155. The zero-order chi connectivity index (χ0) is 29.4. The second-order valence-electron chi connectivity index (χ2n) is 11.6. The van der Waals surface area contributed by atoms with Crippen molar-refractivity contribution in [3.63, 3.8) is 0 Å². The van der Waals surface area contributed by atoms with Crippen molar-refractivity contribution in [2.24, 2.45) is 35.0 Å². The van der Waals surface area contributed by atoms with Gasteiger partial charge in [0.1, 0.15) is 0 Å². The van der Waals surface area contributed by atoms with E-state index in [9.17, 15) is 24.0 Å². The van der Waals surface area contributed by atoms with Gasteiger partial charge < -0.3 is 4.74 Å². The predicted octanol–water partition coefficient (Wildman–Crippen LogP) is 4.25. The summed E-state index contributed by atoms with van der Waals surface area (Å²) in [6, 6.07) is 14.6. The lowest BCUT2D eigenvalue weighted by Crippen LogP contribution is -2.61. The summed E-state index contributed by atoms with van der Waals surface area (Å²) in [4.78, 5) is 73.4. The van der Waals surface area contributed by atoms with Crippen molar-refractivity contribution in [3.05, 3.63) is 70.8 Å². The van der Waals surface area contributed by atoms with E-state index in [0.29, 0.717) is 29.8 Å². The van der Waals surface area contributed by atoms with Gasteiger partial charge in [-0.3, -0.25) is 19.2 Å². The molecular weight excluding hydrogens is 520 g/mol. The van der Waals surface area contributed by atoms with Gasteiger partial charge in [0.15, 0.2) is 0 Å². The lowest BCUT2D eigenvalue weighted by atomic mass is 9.43. The number of esters is 1. The minimum Gasteiger partial charge on any atom is -0.463 e. The molecule has 8 heteroatoms. The van der Waals surface area contributed by atoms with Crippen LogP contribution in [0.4, 0.5) is 11.4 Å². The van der Waals surface area contributed by atoms with Gasteiger partial charge >= 0.3 is 5.97 Å². The van der Waals surface area contributed by atoms with Crippen LogP contribution in [0.3, 0.4) is 0 Å². The molecule has 4 amide bonds. The summed E-state index contributed by atoms with van der Waals surface area (Å²) in [6.07, 6.45) is 1.23. The van der Waals surface area contributed by atoms with Crippen molar-refractivity contribution in [1.82, 2.24) is 0 Å². The van der Waals surface area contributed by atoms with E-state index in [-0.39, 0.29) is 24.0 Å². The molecule has 2 bridgehead atoms. The fourth-order valence-electron chi connectivity index (χ4n) is 8.34. The van der Waals surface area contributed by atoms with Crippen LogP contribution in [0.1, 0.15) is 45.7 Å². The number of anilines is 2. The molecule has 41 heavy (non-hydrogen) atoms. The van der Waals surface area contributed by atoms with Gasteiger partial charge in [-0.2, -0.15) is 0 Å². The molecule has 2 aromatic carbocycles. The molecule has 0 N–H and O–H groups in total. The third kappa shape index (κ3) is 3.36. The average Bonchev–Trinajstić information content (AvgIpc) is 3.39. The molecule has 5 aliphatic rings. The standard InChI is InChI=1S/C33H34N2O6/c1-6-18-13-9-11-15-20(18)34-28(36)23-22-17(4)25(32(40)41-8-3)33(5,26(23)30(34)38)27-24(22)29(37)35(31(27)39)21-16-12-10-14-19(21)7-2/h9-16,22-24,26-27H,6-8H2,1-5H3/t22?,23-,24-,26+,27+,33?/m1/s1. The zero-order valence-corrected chi connectivity index (χ0v) is 24.0. The highest BCUT2D eigenvalue weighted by molar-refractivity contribution is 6.28. The number of carbonyl (C=O) groups excluding carboxylic acids is 5. The highest BCUT2D eigenvalue weighted by Gasteiger charge is 2.77. The molecule has 0 radical (unpaired) electrons. The Morgan fingerprint density at radius 3 is 1.59 bits per heavy atom. The van der Waals surface area contributed by atoms with Crippen LogP contribution in [-0.4, -0.2) is 36.2 Å². The highest BCUT2D eigenvalue weighted by Crippen LogP contribution is 2.69. The Kier molecular flexibility index (Phi) is 6.28. The Labute approximate surface area is 239 Å². The van der Waals surface area contributed by atoms with E-state index in [1.807, 2.05) is 38.1 Å². The first-order valence-corrected chi connectivity index (χ1v) is 14.4. The predicted molar refractivity (Wildman–Crippen MR) is 152 cm³/mol. The molecule has 3 aliphatic carbocycles. The maximum absolute atomic E-state index is 14.4. The Bertz CT molecular complexity index is 1460. The molecule has 2 aliphatic heterocycles. The number of rotatable bonds is 6. The van der Waals surface area contributed by atoms with Gasteiger partial charge in [0.25, 0.3) is 0 Å². The molecule has 8 nitrogen and oxygen atoms in total. The number of benzene rings is 2. The van der Waals surface area contributed by atoms with E-state index in [1.54, 1.807) is 45.0 Å². The Morgan fingerprint density at radius 1 is 0.732 bits per heavy atom. The SMILES string of the molecule is CCOC(=O)C1=C(C)C2[C@H]3C(=O)N(c4ccccc4CC)C(=O)[C@H]3C1(C)[C@@H]1C(=O)N(c3ccccc3CC)C(=O)[C@H]21. The summed E-state index contributed by atoms with van der Waals surface area (Å²) in [5, 5.41) is 0. The normalized spacial score (nSPS) is 30.3. The third-order valence-corrected chi connectivity index (χ3v) is 9.91. The molecule has 1 saturated carbocycles. The maximum atomic E-state index is 14.4. The van der Waals surface area contributed by atoms with E-state index < -0.39 is 52.8 Å². The summed E-state index contributed by atoms with van der Waals surface area (Å²) in [5.41, 5.74) is 2.12. The number of hydrogen-bond donors (Lipinski definition) is 0. The van der Waals surface area contributed by atoms with Crippen molar-refractivity contribution in [2.75, 3.05) is 16.4 Å². The number of nitrogens with zero attached hydrogens (tertiary/aromatic N) is 2. The van der Waals surface area contributed by atoms with Crippen molar-refractivity contribution in [3.8, 4) is 0 Å². The van der Waals surface area contributed by atoms with Crippen LogP contribution in [0, 0.1) is 35.0 Å². The second kappa shape index (κ2) is 9.50. The minimum absolute atomic E-state index is 0.115. The molecule has 212 valence electrons. The molecule has 0 spiro atoms. The largest absolute Gasteiger partial charge is 0.463 e. The monoisotopic (exact) mass is 554 g/mol. The van der Waals surface area contributed by atoms with Gasteiger partial charge in [-0.15, -0.1) is 0 Å². The number of allylic oxidation sites excluding steroid dienone is 1. The Hall–Kier alpha value is -4.07. The molecule has 0 aromatic heterocycles. The topological polar surface area (TPSA) is 101 Å². The quantitative estimate of drug-likeness (QED) is 0.391. The van der Waals surface area contributed by atoms with Gasteiger partial charge in [0.2, 0.25) is 23.6 Å². The number of para-hydroxylation sites is 2. The fraction of sp³-hybridized carbons (Fsp3) is 0.424. The van der Waals surface area contributed by atoms with Gasteiger partial charge in [-0.05, 0) is 49.9 Å². The molecule has 2 saturated heterocycles. The highest BCUT2D eigenvalue weighted by atomic mass is 16.5. The molecule has 4 atom stereocenters. The smallest absolute Gasteiger partial charge is 0.334 e. The van der Waals surface area contributed by atoms with Crippen LogP contribution in [0.25, 0.3) is 0 Å². The van der Waals surface area contributed by atoms with Gasteiger partial charge in [-0.1, -0.05) is 62.7 Å². The van der Waals surface area contributed by atoms with E-state index in [0.717, 1.165) is 11.1 Å². The zero-order valence-electron chi connectivity index (χ0n) is 24.0. The van der Waals surface area contributed by atoms with Gasteiger partial charge in [-0.25, -0.2) is 14.6 Å². The molecular formula is C33H34N2O6. The van der Waals surface area contributed by atoms with Crippen LogP contribution >= 0.6 is 0 Å². The number of ether oxygens (including phenoxy) is 1. The van der Waals surface area contributed by atoms with Gasteiger partial charge in [0, 0.05) is 16.9 Å². The number of carbonyl (C=O) groups is 5. The first kappa shape index (κ1) is 27.1. The van der Waals surface area contributed by atoms with Crippen molar-refractivity contribution in [1.29, 1.82) is 0 Å². The van der Waals surface area contributed by atoms with Crippen LogP contribution in [0.15, 0.2) is 59.7 Å². The molecule has 2 aromatic rings. The van der Waals surface area contributed by atoms with E-state index in [2.05, 4.69) is 0 Å². The molecule has 0 unspecified atom stereocenters.